The van der Waals surface area contributed by atoms with Crippen LogP contribution in [0.4, 0.5) is 0 Å². The van der Waals surface area contributed by atoms with Crippen LogP contribution in [0.5, 0.6) is 0 Å². The van der Waals surface area contributed by atoms with E-state index in [9.17, 15) is 14.7 Å². The third kappa shape index (κ3) is 3.19. The fraction of sp³-hybridized carbons (Fsp3) is 0.154. The number of hydrogen-bond donors (Lipinski definition) is 3. The molecule has 0 unspecified atom stereocenters. The highest BCUT2D eigenvalue weighted by molar-refractivity contribution is 7.09. The Kier molecular flexibility index (Phi) is 4.44. The molecule has 0 saturated carbocycles. The number of thiazole rings is 1. The fourth-order valence-electron chi connectivity index (χ4n) is 1.65. The fourth-order valence-corrected chi connectivity index (χ4v) is 2.30. The molecule has 0 fully saturated rings. The lowest BCUT2D eigenvalue weighted by Crippen LogP contribution is -2.33. The molecule has 0 aliphatic carbocycles. The van der Waals surface area contributed by atoms with Gasteiger partial charge in [0.25, 0.3) is 5.91 Å². The van der Waals surface area contributed by atoms with Gasteiger partial charge in [-0.3, -0.25) is 4.79 Å². The van der Waals surface area contributed by atoms with E-state index in [1.807, 2.05) is 0 Å². The Hall–Kier alpha value is -2.25. The molecule has 6 nitrogen and oxygen atoms in total. The molecule has 0 saturated heterocycles. The Morgan fingerprint density at radius 2 is 2.05 bits per heavy atom. The van der Waals surface area contributed by atoms with Gasteiger partial charge in [0.2, 0.25) is 0 Å². The zero-order chi connectivity index (χ0) is 14.5. The maximum absolute atomic E-state index is 12.0. The average Bonchev–Trinajstić information content (AvgIpc) is 2.94. The van der Waals surface area contributed by atoms with E-state index in [0.29, 0.717) is 10.6 Å². The molecular weight excluding hydrogens is 278 g/mol. The number of benzene rings is 1. The van der Waals surface area contributed by atoms with Gasteiger partial charge in [-0.1, -0.05) is 30.3 Å². The van der Waals surface area contributed by atoms with Crippen LogP contribution in [0.2, 0.25) is 0 Å². The summed E-state index contributed by atoms with van der Waals surface area (Å²) in [5.41, 5.74) is 6.11. The third-order valence-corrected chi connectivity index (χ3v) is 3.49. The quantitative estimate of drug-likeness (QED) is 0.766. The van der Waals surface area contributed by atoms with Crippen LogP contribution in [0.25, 0.3) is 0 Å². The lowest BCUT2D eigenvalue weighted by molar-refractivity contribution is -0.139. The first kappa shape index (κ1) is 14.2. The number of rotatable bonds is 5. The van der Waals surface area contributed by atoms with Crippen molar-refractivity contribution in [1.82, 2.24) is 10.3 Å². The van der Waals surface area contributed by atoms with Gasteiger partial charge in [0.15, 0.2) is 6.04 Å². The molecule has 104 valence electrons. The number of nitrogens with two attached hydrogens (primary N) is 1. The molecule has 2 aromatic rings. The molecule has 20 heavy (non-hydrogen) atoms. The second-order valence-electron chi connectivity index (χ2n) is 3.99. The minimum absolute atomic E-state index is 0.178. The van der Waals surface area contributed by atoms with Gasteiger partial charge in [0, 0.05) is 11.9 Å². The summed E-state index contributed by atoms with van der Waals surface area (Å²) in [4.78, 5) is 27.3. The van der Waals surface area contributed by atoms with Crippen LogP contribution in [-0.4, -0.2) is 22.0 Å². The van der Waals surface area contributed by atoms with Crippen LogP contribution in [0, 0.1) is 0 Å². The maximum Gasteiger partial charge on any atom is 0.330 e. The molecule has 2 rings (SSSR count). The molecule has 1 amide bonds. The van der Waals surface area contributed by atoms with E-state index in [4.69, 9.17) is 5.73 Å². The lowest BCUT2D eigenvalue weighted by Gasteiger charge is -2.13. The molecule has 0 spiro atoms. The number of nitrogens with one attached hydrogen (secondary N) is 1. The molecule has 1 atom stereocenters. The first-order chi connectivity index (χ1) is 9.61. The monoisotopic (exact) mass is 291 g/mol. The summed E-state index contributed by atoms with van der Waals surface area (Å²) in [5.74, 6) is -1.66. The molecule has 0 aliphatic rings. The molecule has 1 aromatic carbocycles. The molecule has 0 radical (unpaired) electrons. The van der Waals surface area contributed by atoms with Gasteiger partial charge in [-0.15, -0.1) is 11.3 Å². The maximum atomic E-state index is 12.0. The average molecular weight is 291 g/mol. The SMILES string of the molecule is NCc1nc(C(=O)N[C@H](C(=O)O)c2ccccc2)cs1. The van der Waals surface area contributed by atoms with Crippen LogP contribution < -0.4 is 11.1 Å². The number of aliphatic carboxylic acids is 1. The van der Waals surface area contributed by atoms with Crippen LogP contribution in [0.15, 0.2) is 35.7 Å². The number of nitrogens with zero attached hydrogens (tertiary/aromatic N) is 1. The first-order valence-corrected chi connectivity index (χ1v) is 6.73. The number of aromatic nitrogens is 1. The van der Waals surface area contributed by atoms with Crippen molar-refractivity contribution < 1.29 is 14.7 Å². The van der Waals surface area contributed by atoms with Crippen molar-refractivity contribution in [2.75, 3.05) is 0 Å². The topological polar surface area (TPSA) is 105 Å². The first-order valence-electron chi connectivity index (χ1n) is 5.85. The largest absolute Gasteiger partial charge is 0.479 e. The van der Waals surface area contributed by atoms with E-state index in [1.165, 1.54) is 11.3 Å². The van der Waals surface area contributed by atoms with Crippen molar-refractivity contribution in [3.05, 3.63) is 52.0 Å². The van der Waals surface area contributed by atoms with Crippen LogP contribution in [0.1, 0.15) is 27.1 Å². The molecular formula is C13H13N3O3S. The second kappa shape index (κ2) is 6.27. The van der Waals surface area contributed by atoms with Gasteiger partial charge in [-0.2, -0.15) is 0 Å². The van der Waals surface area contributed by atoms with E-state index in [-0.39, 0.29) is 12.2 Å². The van der Waals surface area contributed by atoms with Crippen molar-refractivity contribution in [2.45, 2.75) is 12.6 Å². The summed E-state index contributed by atoms with van der Waals surface area (Å²) in [7, 11) is 0. The summed E-state index contributed by atoms with van der Waals surface area (Å²) >= 11 is 1.26. The highest BCUT2D eigenvalue weighted by Crippen LogP contribution is 2.15. The highest BCUT2D eigenvalue weighted by Gasteiger charge is 2.23. The third-order valence-electron chi connectivity index (χ3n) is 2.61. The summed E-state index contributed by atoms with van der Waals surface area (Å²) < 4.78 is 0. The normalized spacial score (nSPS) is 11.8. The highest BCUT2D eigenvalue weighted by atomic mass is 32.1. The summed E-state index contributed by atoms with van der Waals surface area (Å²) in [6.07, 6.45) is 0. The van der Waals surface area contributed by atoms with Crippen LogP contribution in [0.3, 0.4) is 0 Å². The van der Waals surface area contributed by atoms with Gasteiger partial charge >= 0.3 is 5.97 Å². The summed E-state index contributed by atoms with van der Waals surface area (Å²) in [6, 6.07) is 7.39. The predicted molar refractivity (Wildman–Crippen MR) is 74.3 cm³/mol. The molecule has 7 heteroatoms. The van der Waals surface area contributed by atoms with E-state index in [2.05, 4.69) is 10.3 Å². The van der Waals surface area contributed by atoms with Crippen molar-refractivity contribution in [2.24, 2.45) is 5.73 Å². The Morgan fingerprint density at radius 3 is 2.60 bits per heavy atom. The van der Waals surface area contributed by atoms with E-state index < -0.39 is 17.9 Å². The minimum atomic E-state index is -1.13. The van der Waals surface area contributed by atoms with E-state index >= 15 is 0 Å². The number of carbonyl (C=O) groups is 2. The molecule has 1 aromatic heterocycles. The minimum Gasteiger partial charge on any atom is -0.479 e. The Labute approximate surface area is 119 Å². The molecule has 4 N–H and O–H groups in total. The summed E-state index contributed by atoms with van der Waals surface area (Å²) in [5, 5.41) is 13.9. The smallest absolute Gasteiger partial charge is 0.330 e. The van der Waals surface area contributed by atoms with E-state index in [1.54, 1.807) is 35.7 Å². The standard InChI is InChI=1S/C13H13N3O3S/c14-6-10-15-9(7-20-10)12(17)16-11(13(18)19)8-4-2-1-3-5-8/h1-5,7,11H,6,14H2,(H,16,17)(H,18,19)/t11-/m0/s1. The van der Waals surface area contributed by atoms with Crippen LogP contribution in [-0.2, 0) is 11.3 Å². The van der Waals surface area contributed by atoms with Gasteiger partial charge in [-0.25, -0.2) is 9.78 Å². The van der Waals surface area contributed by atoms with Crippen molar-refractivity contribution in [3.63, 3.8) is 0 Å². The second-order valence-corrected chi connectivity index (χ2v) is 4.93. The Bertz CT molecular complexity index is 612. The Morgan fingerprint density at radius 1 is 1.35 bits per heavy atom. The zero-order valence-corrected chi connectivity index (χ0v) is 11.3. The van der Waals surface area contributed by atoms with Gasteiger partial charge in [0.05, 0.1) is 0 Å². The number of carbonyl (C=O) groups excluding carboxylic acids is 1. The number of hydrogen-bond acceptors (Lipinski definition) is 5. The predicted octanol–water partition coefficient (Wildman–Crippen LogP) is 1.16. The molecule has 0 bridgehead atoms. The van der Waals surface area contributed by atoms with Gasteiger partial charge < -0.3 is 16.2 Å². The summed E-state index contributed by atoms with van der Waals surface area (Å²) in [6.45, 7) is 0.249. The van der Waals surface area contributed by atoms with E-state index in [0.717, 1.165) is 0 Å². The van der Waals surface area contributed by atoms with Crippen molar-refractivity contribution in [3.8, 4) is 0 Å². The number of carboxylic acid groups (broad SMARTS) is 1. The van der Waals surface area contributed by atoms with Gasteiger partial charge in [0.1, 0.15) is 10.7 Å². The number of carboxylic acids is 1. The van der Waals surface area contributed by atoms with Crippen molar-refractivity contribution in [1.29, 1.82) is 0 Å². The Balaban J connectivity index is 2.16. The molecule has 0 aliphatic heterocycles. The van der Waals surface area contributed by atoms with Crippen molar-refractivity contribution >= 4 is 23.2 Å². The number of amides is 1. The zero-order valence-electron chi connectivity index (χ0n) is 10.4. The van der Waals surface area contributed by atoms with Gasteiger partial charge in [-0.05, 0) is 5.56 Å². The lowest BCUT2D eigenvalue weighted by atomic mass is 10.1. The van der Waals surface area contributed by atoms with Crippen LogP contribution >= 0.6 is 11.3 Å². The molecule has 1 heterocycles.